The smallest absolute Gasteiger partial charge is 0.0407 e. The van der Waals surface area contributed by atoms with Crippen molar-refractivity contribution in [1.82, 2.24) is 4.98 Å². The summed E-state index contributed by atoms with van der Waals surface area (Å²) in [5.74, 6) is -1.27. The number of aromatic nitrogens is 1. The molecule has 0 N–H and O–H groups in total. The van der Waals surface area contributed by atoms with Crippen molar-refractivity contribution in [3.05, 3.63) is 66.4 Å². The third-order valence-corrected chi connectivity index (χ3v) is 2.76. The number of benzene rings is 2. The minimum absolute atomic E-state index is 0. The molecule has 92 valence electrons. The van der Waals surface area contributed by atoms with E-state index in [1.165, 1.54) is 0 Å². The molecule has 0 radical (unpaired) electrons. The van der Waals surface area contributed by atoms with Gasteiger partial charge in [0.2, 0.25) is 0 Å². The molecule has 0 amide bonds. The van der Waals surface area contributed by atoms with Crippen LogP contribution in [0.4, 0.5) is 8.78 Å². The van der Waals surface area contributed by atoms with Crippen molar-refractivity contribution in [2.75, 3.05) is 0 Å². The Kier molecular flexibility index (Phi) is 4.20. The second kappa shape index (κ2) is 5.70. The number of nitrogens with zero attached hydrogens (tertiary/aromatic N) is 1. The molecule has 1 heterocycles. The number of rotatable bonds is 1. The maximum absolute atomic E-state index is 13.8. The van der Waals surface area contributed by atoms with Gasteiger partial charge >= 0.3 is 0 Å². The molecular weight excluding hydrogens is 411 g/mol. The number of para-hydroxylation sites is 1. The van der Waals surface area contributed by atoms with Crippen LogP contribution in [0, 0.1) is 17.7 Å². The molecular formula is C15H8F2HfN-. The maximum atomic E-state index is 13.8. The molecule has 0 saturated carbocycles. The Morgan fingerprint density at radius 3 is 2.63 bits per heavy atom. The van der Waals surface area contributed by atoms with Gasteiger partial charge < -0.3 is 0 Å². The number of fused-ring (bicyclic) bond motifs is 1. The molecule has 0 aliphatic carbocycles. The Hall–Kier alpha value is -1.42. The number of pyridine rings is 1. The fraction of sp³-hybridized carbons (Fsp3) is 0. The molecule has 0 bridgehead atoms. The summed E-state index contributed by atoms with van der Waals surface area (Å²) in [7, 11) is 0. The molecule has 0 saturated heterocycles. The van der Waals surface area contributed by atoms with Crippen LogP contribution in [0.2, 0.25) is 0 Å². The van der Waals surface area contributed by atoms with Crippen molar-refractivity contribution in [3.63, 3.8) is 0 Å². The molecule has 0 aliphatic heterocycles. The SMILES string of the molecule is Fc1c[c-]c(-c2cccc3cccnc23)c(F)c1.[Hf]. The fourth-order valence-corrected chi connectivity index (χ4v) is 1.96. The first-order chi connectivity index (χ1) is 8.75. The average Bonchev–Trinajstić information content (AvgIpc) is 2.38. The maximum Gasteiger partial charge on any atom is 0.0407 e. The number of halogens is 2. The van der Waals surface area contributed by atoms with Gasteiger partial charge in [-0.3, -0.25) is 13.8 Å². The van der Waals surface area contributed by atoms with Crippen molar-refractivity contribution in [3.8, 4) is 11.1 Å². The summed E-state index contributed by atoms with van der Waals surface area (Å²) in [4.78, 5) is 4.24. The van der Waals surface area contributed by atoms with Gasteiger partial charge in [0.15, 0.2) is 0 Å². The summed E-state index contributed by atoms with van der Waals surface area (Å²) in [6.07, 6.45) is 1.65. The van der Waals surface area contributed by atoms with Crippen LogP contribution in [-0.4, -0.2) is 4.98 Å². The van der Waals surface area contributed by atoms with Gasteiger partial charge in [-0.2, -0.15) is 0 Å². The minimum atomic E-state index is -0.635. The zero-order valence-corrected chi connectivity index (χ0v) is 13.4. The van der Waals surface area contributed by atoms with Crippen LogP contribution in [0.15, 0.2) is 48.7 Å². The number of hydrogen-bond acceptors (Lipinski definition) is 1. The second-order valence-corrected chi connectivity index (χ2v) is 3.92. The zero-order valence-electron chi connectivity index (χ0n) is 9.82. The van der Waals surface area contributed by atoms with E-state index in [-0.39, 0.29) is 31.4 Å². The molecule has 19 heavy (non-hydrogen) atoms. The van der Waals surface area contributed by atoms with Crippen LogP contribution in [-0.2, 0) is 25.8 Å². The van der Waals surface area contributed by atoms with Gasteiger partial charge in [0.1, 0.15) is 0 Å². The van der Waals surface area contributed by atoms with Gasteiger partial charge in [0.25, 0.3) is 0 Å². The van der Waals surface area contributed by atoms with Crippen molar-refractivity contribution >= 4 is 10.9 Å². The molecule has 0 fully saturated rings. The number of hydrogen-bond donors (Lipinski definition) is 0. The summed E-state index contributed by atoms with van der Waals surface area (Å²) >= 11 is 0. The van der Waals surface area contributed by atoms with Crippen molar-refractivity contribution in [2.45, 2.75) is 0 Å². The fourth-order valence-electron chi connectivity index (χ4n) is 1.96. The summed E-state index contributed by atoms with van der Waals surface area (Å²) in [6.45, 7) is 0. The van der Waals surface area contributed by atoms with Crippen molar-refractivity contribution in [2.24, 2.45) is 0 Å². The molecule has 0 unspecified atom stereocenters. The predicted octanol–water partition coefficient (Wildman–Crippen LogP) is 3.98. The summed E-state index contributed by atoms with van der Waals surface area (Å²) in [6, 6.07) is 13.8. The van der Waals surface area contributed by atoms with Crippen LogP contribution in [0.5, 0.6) is 0 Å². The van der Waals surface area contributed by atoms with Crippen LogP contribution in [0.25, 0.3) is 22.0 Å². The van der Waals surface area contributed by atoms with E-state index in [4.69, 9.17) is 0 Å². The third kappa shape index (κ3) is 2.63. The Bertz CT molecular complexity index is 723. The van der Waals surface area contributed by atoms with Crippen LogP contribution in [0.3, 0.4) is 0 Å². The van der Waals surface area contributed by atoms with E-state index in [1.807, 2.05) is 24.3 Å². The Labute approximate surface area is 128 Å². The third-order valence-electron chi connectivity index (χ3n) is 2.76. The van der Waals surface area contributed by atoms with Crippen molar-refractivity contribution < 1.29 is 34.6 Å². The van der Waals surface area contributed by atoms with Gasteiger partial charge in [-0.1, -0.05) is 35.9 Å². The van der Waals surface area contributed by atoms with E-state index < -0.39 is 11.6 Å². The van der Waals surface area contributed by atoms with E-state index in [1.54, 1.807) is 12.3 Å². The summed E-state index contributed by atoms with van der Waals surface area (Å²) in [5.41, 5.74) is 1.54. The van der Waals surface area contributed by atoms with Crippen molar-refractivity contribution in [1.29, 1.82) is 0 Å². The monoisotopic (exact) mass is 420 g/mol. The molecule has 1 aromatic heterocycles. The molecule has 0 spiro atoms. The van der Waals surface area contributed by atoms with E-state index in [2.05, 4.69) is 11.1 Å². The van der Waals surface area contributed by atoms with Crippen LogP contribution in [0.1, 0.15) is 0 Å². The normalized spacial score (nSPS) is 10.2. The van der Waals surface area contributed by atoms with E-state index in [0.29, 0.717) is 11.1 Å². The molecule has 4 heteroatoms. The van der Waals surface area contributed by atoms with E-state index >= 15 is 0 Å². The van der Waals surface area contributed by atoms with Crippen LogP contribution < -0.4 is 0 Å². The predicted molar refractivity (Wildman–Crippen MR) is 65.9 cm³/mol. The van der Waals surface area contributed by atoms with Gasteiger partial charge in [-0.05, 0) is 11.5 Å². The second-order valence-electron chi connectivity index (χ2n) is 3.92. The molecule has 0 atom stereocenters. The summed E-state index contributed by atoms with van der Waals surface area (Å²) in [5, 5.41) is 0.909. The van der Waals surface area contributed by atoms with Gasteiger partial charge in [-0.15, -0.1) is 17.7 Å². The van der Waals surface area contributed by atoms with Gasteiger partial charge in [0.05, 0.1) is 0 Å². The Morgan fingerprint density at radius 2 is 1.84 bits per heavy atom. The zero-order chi connectivity index (χ0) is 12.5. The molecule has 3 rings (SSSR count). The standard InChI is InChI=1S/C15H8F2N.Hf/c16-11-6-7-12(14(17)9-11)13-5-1-3-10-4-2-8-18-15(10)13;/h1-6,8-9H;/q-1;. The quantitative estimate of drug-likeness (QED) is 0.430. The van der Waals surface area contributed by atoms with Gasteiger partial charge in [-0.25, -0.2) is 0 Å². The molecule has 2 aromatic carbocycles. The first kappa shape index (κ1) is 14.0. The van der Waals surface area contributed by atoms with Gasteiger partial charge in [0, 0.05) is 49.2 Å². The average molecular weight is 419 g/mol. The molecule has 0 aliphatic rings. The summed E-state index contributed by atoms with van der Waals surface area (Å²) < 4.78 is 26.7. The van der Waals surface area contributed by atoms with E-state index in [0.717, 1.165) is 17.5 Å². The Morgan fingerprint density at radius 1 is 1.05 bits per heavy atom. The molecule has 1 nitrogen and oxygen atoms in total. The largest absolute Gasteiger partial charge is 0.266 e. The first-order valence-electron chi connectivity index (χ1n) is 5.46. The van der Waals surface area contributed by atoms with E-state index in [9.17, 15) is 8.78 Å². The van der Waals surface area contributed by atoms with Crippen LogP contribution >= 0.6 is 0 Å². The topological polar surface area (TPSA) is 12.9 Å². The Balaban J connectivity index is 0.00000133. The first-order valence-corrected chi connectivity index (χ1v) is 5.46. The minimum Gasteiger partial charge on any atom is -0.266 e. The molecule has 3 aromatic rings.